The fourth-order valence-electron chi connectivity index (χ4n) is 1.06. The summed E-state index contributed by atoms with van der Waals surface area (Å²) < 4.78 is 4.57. The van der Waals surface area contributed by atoms with Crippen molar-refractivity contribution >= 4 is 17.3 Å². The minimum absolute atomic E-state index is 0.209. The van der Waals surface area contributed by atoms with E-state index in [0.717, 1.165) is 5.56 Å². The summed E-state index contributed by atoms with van der Waals surface area (Å²) >= 11 is 1.57. The maximum atomic E-state index is 11.0. The average molecular weight is 199 g/mol. The number of methoxy groups -OCH3 is 1. The molecule has 1 atom stereocenters. The van der Waals surface area contributed by atoms with Gasteiger partial charge in [0.05, 0.1) is 13.5 Å². The van der Waals surface area contributed by atoms with Crippen LogP contribution in [0.3, 0.4) is 0 Å². The molecule has 1 heterocycles. The lowest BCUT2D eigenvalue weighted by Gasteiger charge is -2.21. The van der Waals surface area contributed by atoms with E-state index in [9.17, 15) is 4.79 Å². The van der Waals surface area contributed by atoms with Crippen LogP contribution in [0, 0.1) is 0 Å². The molecule has 0 saturated heterocycles. The Kier molecular flexibility index (Phi) is 3.06. The molecule has 0 aromatic carbocycles. The number of nitrogens with two attached hydrogens (primary N) is 1. The number of thiophene rings is 1. The first-order chi connectivity index (χ1) is 6.06. The predicted molar refractivity (Wildman–Crippen MR) is 52.5 cm³/mol. The summed E-state index contributed by atoms with van der Waals surface area (Å²) in [5.41, 5.74) is 6.32. The third-order valence-corrected chi connectivity index (χ3v) is 2.60. The maximum absolute atomic E-state index is 11.0. The molecule has 0 saturated carbocycles. The first kappa shape index (κ1) is 10.2. The zero-order chi connectivity index (χ0) is 9.90. The fraction of sp³-hybridized carbons (Fsp3) is 0.444. The number of hydrogen-bond donors (Lipinski definition) is 1. The van der Waals surface area contributed by atoms with E-state index in [2.05, 4.69) is 4.74 Å². The lowest BCUT2D eigenvalue weighted by atomic mass is 9.92. The minimum atomic E-state index is -0.618. The van der Waals surface area contributed by atoms with Gasteiger partial charge in [0, 0.05) is 5.54 Å². The molecule has 1 aromatic rings. The monoisotopic (exact) mass is 199 g/mol. The summed E-state index contributed by atoms with van der Waals surface area (Å²) in [6.45, 7) is 1.83. The van der Waals surface area contributed by atoms with Gasteiger partial charge in [-0.1, -0.05) is 0 Å². The van der Waals surface area contributed by atoms with Gasteiger partial charge in [0.25, 0.3) is 0 Å². The van der Waals surface area contributed by atoms with E-state index in [-0.39, 0.29) is 12.4 Å². The molecule has 0 fully saturated rings. The van der Waals surface area contributed by atoms with Crippen molar-refractivity contribution in [3.8, 4) is 0 Å². The largest absolute Gasteiger partial charge is 0.469 e. The molecule has 4 heteroatoms. The SMILES string of the molecule is COC(=O)CC(C)(N)c1ccsc1. The van der Waals surface area contributed by atoms with Crippen LogP contribution in [0.25, 0.3) is 0 Å². The van der Waals surface area contributed by atoms with Crippen LogP contribution >= 0.6 is 11.3 Å². The highest BCUT2D eigenvalue weighted by Gasteiger charge is 2.25. The van der Waals surface area contributed by atoms with Gasteiger partial charge in [0.1, 0.15) is 0 Å². The molecular weight excluding hydrogens is 186 g/mol. The van der Waals surface area contributed by atoms with E-state index < -0.39 is 5.54 Å². The second kappa shape index (κ2) is 3.89. The highest BCUT2D eigenvalue weighted by molar-refractivity contribution is 7.08. The first-order valence-electron chi connectivity index (χ1n) is 3.94. The van der Waals surface area contributed by atoms with E-state index in [0.29, 0.717) is 0 Å². The van der Waals surface area contributed by atoms with E-state index >= 15 is 0 Å². The maximum Gasteiger partial charge on any atom is 0.307 e. The van der Waals surface area contributed by atoms with E-state index in [1.54, 1.807) is 11.3 Å². The zero-order valence-electron chi connectivity index (χ0n) is 7.74. The van der Waals surface area contributed by atoms with E-state index in [1.165, 1.54) is 7.11 Å². The fourth-order valence-corrected chi connectivity index (χ4v) is 1.86. The molecule has 0 radical (unpaired) electrons. The van der Waals surface area contributed by atoms with Crippen LogP contribution in [-0.2, 0) is 15.1 Å². The molecule has 0 aliphatic rings. The summed E-state index contributed by atoms with van der Waals surface area (Å²) in [6.07, 6.45) is 0.209. The molecule has 1 rings (SSSR count). The van der Waals surface area contributed by atoms with Crippen LogP contribution < -0.4 is 5.73 Å². The van der Waals surface area contributed by atoms with Crippen molar-refractivity contribution in [2.45, 2.75) is 18.9 Å². The molecule has 72 valence electrons. The Balaban J connectivity index is 2.72. The van der Waals surface area contributed by atoms with Gasteiger partial charge in [0.2, 0.25) is 0 Å². The van der Waals surface area contributed by atoms with Gasteiger partial charge in [-0.05, 0) is 29.3 Å². The van der Waals surface area contributed by atoms with Crippen LogP contribution in [0.5, 0.6) is 0 Å². The Morgan fingerprint density at radius 2 is 2.46 bits per heavy atom. The molecule has 2 N–H and O–H groups in total. The molecule has 0 bridgehead atoms. The summed E-state index contributed by atoms with van der Waals surface area (Å²) in [6, 6.07) is 1.92. The lowest BCUT2D eigenvalue weighted by Crippen LogP contribution is -2.35. The quantitative estimate of drug-likeness (QED) is 0.750. The third-order valence-electron chi connectivity index (χ3n) is 1.92. The molecule has 0 aliphatic carbocycles. The van der Waals surface area contributed by atoms with Crippen molar-refractivity contribution in [2.75, 3.05) is 7.11 Å². The van der Waals surface area contributed by atoms with Crippen molar-refractivity contribution in [3.63, 3.8) is 0 Å². The molecular formula is C9H13NO2S. The summed E-state index contributed by atoms with van der Waals surface area (Å²) in [7, 11) is 1.37. The van der Waals surface area contributed by atoms with Gasteiger partial charge < -0.3 is 10.5 Å². The highest BCUT2D eigenvalue weighted by atomic mass is 32.1. The Morgan fingerprint density at radius 1 is 1.77 bits per heavy atom. The Labute approximate surface area is 81.5 Å². The van der Waals surface area contributed by atoms with E-state index in [1.807, 2.05) is 23.8 Å². The van der Waals surface area contributed by atoms with Gasteiger partial charge in [-0.3, -0.25) is 4.79 Å². The smallest absolute Gasteiger partial charge is 0.307 e. The average Bonchev–Trinajstić information content (AvgIpc) is 2.55. The predicted octanol–water partition coefficient (Wildman–Crippen LogP) is 1.49. The molecule has 1 aromatic heterocycles. The van der Waals surface area contributed by atoms with Gasteiger partial charge in [0.15, 0.2) is 0 Å². The van der Waals surface area contributed by atoms with Gasteiger partial charge in [-0.15, -0.1) is 0 Å². The van der Waals surface area contributed by atoms with Crippen molar-refractivity contribution in [3.05, 3.63) is 22.4 Å². The number of carbonyl (C=O) groups is 1. The number of hydrogen-bond acceptors (Lipinski definition) is 4. The van der Waals surface area contributed by atoms with Crippen molar-refractivity contribution in [1.82, 2.24) is 0 Å². The van der Waals surface area contributed by atoms with Gasteiger partial charge in [-0.2, -0.15) is 11.3 Å². The number of carbonyl (C=O) groups excluding carboxylic acids is 1. The highest BCUT2D eigenvalue weighted by Crippen LogP contribution is 2.23. The first-order valence-corrected chi connectivity index (χ1v) is 4.89. The summed E-state index contributed by atoms with van der Waals surface area (Å²) in [5, 5.41) is 3.89. The second-order valence-electron chi connectivity index (χ2n) is 3.18. The van der Waals surface area contributed by atoms with E-state index in [4.69, 9.17) is 5.73 Å². The lowest BCUT2D eigenvalue weighted by molar-refractivity contribution is -0.141. The zero-order valence-corrected chi connectivity index (χ0v) is 8.56. The molecule has 1 unspecified atom stereocenters. The summed E-state index contributed by atoms with van der Waals surface area (Å²) in [4.78, 5) is 11.0. The second-order valence-corrected chi connectivity index (χ2v) is 3.96. The van der Waals surface area contributed by atoms with Crippen molar-refractivity contribution in [2.24, 2.45) is 5.73 Å². The number of ether oxygens (including phenoxy) is 1. The number of rotatable bonds is 3. The van der Waals surface area contributed by atoms with Gasteiger partial charge >= 0.3 is 5.97 Å². The van der Waals surface area contributed by atoms with Crippen LogP contribution in [-0.4, -0.2) is 13.1 Å². The van der Waals surface area contributed by atoms with Crippen molar-refractivity contribution < 1.29 is 9.53 Å². The Hall–Kier alpha value is -0.870. The Morgan fingerprint density at radius 3 is 2.92 bits per heavy atom. The number of esters is 1. The third kappa shape index (κ3) is 2.54. The minimum Gasteiger partial charge on any atom is -0.469 e. The van der Waals surface area contributed by atoms with Crippen molar-refractivity contribution in [1.29, 1.82) is 0 Å². The molecule has 0 aliphatic heterocycles. The van der Waals surface area contributed by atoms with Crippen LogP contribution in [0.2, 0.25) is 0 Å². The van der Waals surface area contributed by atoms with Crippen LogP contribution in [0.4, 0.5) is 0 Å². The molecule has 13 heavy (non-hydrogen) atoms. The molecule has 3 nitrogen and oxygen atoms in total. The molecule has 0 spiro atoms. The topological polar surface area (TPSA) is 52.3 Å². The Bertz CT molecular complexity index is 280. The van der Waals surface area contributed by atoms with Crippen LogP contribution in [0.1, 0.15) is 18.9 Å². The van der Waals surface area contributed by atoms with Gasteiger partial charge in [-0.25, -0.2) is 0 Å². The molecule has 0 amide bonds. The standard InChI is InChI=1S/C9H13NO2S/c1-9(10,5-8(11)12-2)7-3-4-13-6-7/h3-4,6H,5,10H2,1-2H3. The van der Waals surface area contributed by atoms with Crippen LogP contribution in [0.15, 0.2) is 16.8 Å². The summed E-state index contributed by atoms with van der Waals surface area (Å²) in [5.74, 6) is -0.281. The normalized spacial score (nSPS) is 15.0.